The molecule has 0 radical (unpaired) electrons. The molecule has 3 N–H and O–H groups in total. The third-order valence-corrected chi connectivity index (χ3v) is 2.76. The molecular weight excluding hydrogens is 230 g/mol. The Bertz CT molecular complexity index is 551. The van der Waals surface area contributed by atoms with Gasteiger partial charge in [-0.2, -0.15) is 0 Å². The molecule has 0 aliphatic heterocycles. The Labute approximate surface area is 106 Å². The third kappa shape index (κ3) is 2.53. The first-order valence-electron chi connectivity index (χ1n) is 5.66. The van der Waals surface area contributed by atoms with Crippen molar-refractivity contribution in [3.8, 4) is 0 Å². The van der Waals surface area contributed by atoms with Gasteiger partial charge in [0.25, 0.3) is 0 Å². The minimum Gasteiger partial charge on any atom is -0.389 e. The fourth-order valence-corrected chi connectivity index (χ4v) is 1.89. The van der Waals surface area contributed by atoms with E-state index in [0.29, 0.717) is 4.99 Å². The van der Waals surface area contributed by atoms with Gasteiger partial charge in [-0.05, 0) is 18.6 Å². The highest BCUT2D eigenvalue weighted by Crippen LogP contribution is 2.20. The second-order valence-corrected chi connectivity index (χ2v) is 4.30. The van der Waals surface area contributed by atoms with E-state index in [1.54, 1.807) is 0 Å². The van der Waals surface area contributed by atoms with Gasteiger partial charge in [0.1, 0.15) is 10.8 Å². The summed E-state index contributed by atoms with van der Waals surface area (Å²) in [5, 5.41) is 4.26. The minimum absolute atomic E-state index is 0.406. The Kier molecular flexibility index (Phi) is 3.54. The number of fused-ring (bicyclic) bond motifs is 1. The number of hydrogen-bond donors (Lipinski definition) is 2. The quantitative estimate of drug-likeness (QED) is 0.813. The average molecular weight is 245 g/mol. The van der Waals surface area contributed by atoms with E-state index in [2.05, 4.69) is 17.2 Å². The topological polar surface area (TPSA) is 50.9 Å². The van der Waals surface area contributed by atoms with Crippen LogP contribution in [0.5, 0.6) is 0 Å². The van der Waals surface area contributed by atoms with Crippen LogP contribution in [-0.4, -0.2) is 16.5 Å². The number of nitrogens with one attached hydrogen (secondary N) is 1. The number of benzene rings is 1. The first-order valence-corrected chi connectivity index (χ1v) is 6.06. The number of nitrogens with zero attached hydrogens (tertiary/aromatic N) is 1. The van der Waals surface area contributed by atoms with E-state index in [-0.39, 0.29) is 0 Å². The van der Waals surface area contributed by atoms with E-state index in [4.69, 9.17) is 18.0 Å². The minimum atomic E-state index is 0.406. The molecular formula is C13H15N3S. The number of nitrogens with two attached hydrogens (primary N) is 1. The molecule has 0 bridgehead atoms. The Morgan fingerprint density at radius 1 is 1.41 bits per heavy atom. The highest BCUT2D eigenvalue weighted by atomic mass is 32.1. The Morgan fingerprint density at radius 3 is 2.88 bits per heavy atom. The smallest absolute Gasteiger partial charge is 0.127 e. The molecule has 0 saturated carbocycles. The summed E-state index contributed by atoms with van der Waals surface area (Å²) in [7, 11) is 0. The van der Waals surface area contributed by atoms with Crippen LogP contribution in [0.1, 0.15) is 18.9 Å². The van der Waals surface area contributed by atoms with Crippen LogP contribution in [0, 0.1) is 0 Å². The number of hydrogen-bond acceptors (Lipinski definition) is 3. The maximum Gasteiger partial charge on any atom is 0.127 e. The summed E-state index contributed by atoms with van der Waals surface area (Å²) in [5.41, 5.74) is 7.55. The molecule has 0 spiro atoms. The molecule has 1 aromatic carbocycles. The van der Waals surface area contributed by atoms with Crippen molar-refractivity contribution in [2.75, 3.05) is 11.9 Å². The molecule has 0 fully saturated rings. The number of rotatable bonds is 4. The first-order chi connectivity index (χ1) is 8.22. The lowest BCUT2D eigenvalue weighted by atomic mass is 10.1. The van der Waals surface area contributed by atoms with Crippen LogP contribution in [0.15, 0.2) is 30.3 Å². The zero-order chi connectivity index (χ0) is 12.3. The molecule has 88 valence electrons. The van der Waals surface area contributed by atoms with E-state index in [1.165, 1.54) is 0 Å². The molecule has 0 atom stereocenters. The van der Waals surface area contributed by atoms with Crippen molar-refractivity contribution >= 4 is 33.9 Å². The summed E-state index contributed by atoms with van der Waals surface area (Å²) in [5.74, 6) is 0.827. The standard InChI is InChI=1S/C13H15N3S/c1-2-7-15-12-8-10(13(14)17)9-5-3-4-6-11(9)16-12/h3-6,8H,2,7H2,1H3,(H2,14,17)(H,15,16). The van der Waals surface area contributed by atoms with Crippen LogP contribution in [-0.2, 0) is 0 Å². The average Bonchev–Trinajstić information content (AvgIpc) is 2.35. The Morgan fingerprint density at radius 2 is 2.18 bits per heavy atom. The molecule has 0 saturated heterocycles. The SMILES string of the molecule is CCCNc1cc(C(N)=S)c2ccccc2n1. The van der Waals surface area contributed by atoms with Crippen LogP contribution in [0.25, 0.3) is 10.9 Å². The lowest BCUT2D eigenvalue weighted by molar-refractivity contribution is 0.971. The van der Waals surface area contributed by atoms with Gasteiger partial charge in [0.15, 0.2) is 0 Å². The molecule has 0 amide bonds. The third-order valence-electron chi connectivity index (χ3n) is 2.54. The molecule has 1 aromatic heterocycles. The van der Waals surface area contributed by atoms with E-state index >= 15 is 0 Å². The van der Waals surface area contributed by atoms with Gasteiger partial charge in [0.05, 0.1) is 5.52 Å². The van der Waals surface area contributed by atoms with Crippen molar-refractivity contribution < 1.29 is 0 Å². The van der Waals surface area contributed by atoms with Crippen molar-refractivity contribution in [1.82, 2.24) is 4.98 Å². The van der Waals surface area contributed by atoms with E-state index in [1.807, 2.05) is 30.3 Å². The summed E-state index contributed by atoms with van der Waals surface area (Å²) in [6, 6.07) is 9.79. The molecule has 0 unspecified atom stereocenters. The molecule has 2 rings (SSSR count). The van der Waals surface area contributed by atoms with Crippen LogP contribution >= 0.6 is 12.2 Å². The molecule has 2 aromatic rings. The molecule has 0 aliphatic carbocycles. The van der Waals surface area contributed by atoms with E-state index in [0.717, 1.165) is 35.2 Å². The number of para-hydroxylation sites is 1. The van der Waals surface area contributed by atoms with Crippen molar-refractivity contribution in [1.29, 1.82) is 0 Å². The van der Waals surface area contributed by atoms with Gasteiger partial charge >= 0.3 is 0 Å². The maximum absolute atomic E-state index is 5.75. The van der Waals surface area contributed by atoms with Crippen molar-refractivity contribution in [3.05, 3.63) is 35.9 Å². The molecule has 1 heterocycles. The highest BCUT2D eigenvalue weighted by Gasteiger charge is 2.06. The fourth-order valence-electron chi connectivity index (χ4n) is 1.72. The van der Waals surface area contributed by atoms with Crippen molar-refractivity contribution in [2.45, 2.75) is 13.3 Å². The van der Waals surface area contributed by atoms with Crippen molar-refractivity contribution in [2.24, 2.45) is 5.73 Å². The number of aromatic nitrogens is 1. The summed E-state index contributed by atoms with van der Waals surface area (Å²) in [4.78, 5) is 4.94. The van der Waals surface area contributed by atoms with Gasteiger partial charge < -0.3 is 11.1 Å². The zero-order valence-corrected chi connectivity index (χ0v) is 10.6. The first kappa shape index (κ1) is 11.8. The summed E-state index contributed by atoms with van der Waals surface area (Å²) in [6.07, 6.45) is 1.05. The molecule has 4 heteroatoms. The lowest BCUT2D eigenvalue weighted by Gasteiger charge is -2.09. The van der Waals surface area contributed by atoms with Gasteiger partial charge in [0.2, 0.25) is 0 Å². The van der Waals surface area contributed by atoms with Gasteiger partial charge in [0, 0.05) is 17.5 Å². The van der Waals surface area contributed by atoms with Crippen LogP contribution < -0.4 is 11.1 Å². The Balaban J connectivity index is 2.55. The normalized spacial score (nSPS) is 10.4. The van der Waals surface area contributed by atoms with Crippen LogP contribution in [0.4, 0.5) is 5.82 Å². The number of thiocarbonyl (C=S) groups is 1. The van der Waals surface area contributed by atoms with Gasteiger partial charge in [-0.15, -0.1) is 0 Å². The molecule has 3 nitrogen and oxygen atoms in total. The predicted octanol–water partition coefficient (Wildman–Crippen LogP) is 2.69. The monoisotopic (exact) mass is 245 g/mol. The molecule has 17 heavy (non-hydrogen) atoms. The Hall–Kier alpha value is -1.68. The van der Waals surface area contributed by atoms with Gasteiger partial charge in [-0.1, -0.05) is 37.3 Å². The lowest BCUT2D eigenvalue weighted by Crippen LogP contribution is -2.12. The summed E-state index contributed by atoms with van der Waals surface area (Å²) in [6.45, 7) is 3.00. The largest absolute Gasteiger partial charge is 0.389 e. The van der Waals surface area contributed by atoms with Crippen molar-refractivity contribution in [3.63, 3.8) is 0 Å². The number of pyridine rings is 1. The van der Waals surface area contributed by atoms with Gasteiger partial charge in [-0.3, -0.25) is 0 Å². The number of anilines is 1. The molecule has 0 aliphatic rings. The van der Waals surface area contributed by atoms with Gasteiger partial charge in [-0.25, -0.2) is 4.98 Å². The second-order valence-electron chi connectivity index (χ2n) is 3.86. The van der Waals surface area contributed by atoms with E-state index < -0.39 is 0 Å². The summed E-state index contributed by atoms with van der Waals surface area (Å²) < 4.78 is 0. The van der Waals surface area contributed by atoms with Crippen LogP contribution in [0.2, 0.25) is 0 Å². The summed E-state index contributed by atoms with van der Waals surface area (Å²) >= 11 is 5.08. The highest BCUT2D eigenvalue weighted by molar-refractivity contribution is 7.80. The zero-order valence-electron chi connectivity index (χ0n) is 9.73. The maximum atomic E-state index is 5.75. The second kappa shape index (κ2) is 5.10. The van der Waals surface area contributed by atoms with E-state index in [9.17, 15) is 0 Å². The van der Waals surface area contributed by atoms with Crippen LogP contribution in [0.3, 0.4) is 0 Å². The fraction of sp³-hybridized carbons (Fsp3) is 0.231. The predicted molar refractivity (Wildman–Crippen MR) is 76.4 cm³/mol.